The van der Waals surface area contributed by atoms with Gasteiger partial charge in [0.25, 0.3) is 0 Å². The Morgan fingerprint density at radius 1 is 1.40 bits per heavy atom. The predicted octanol–water partition coefficient (Wildman–Crippen LogP) is 2.57. The van der Waals surface area contributed by atoms with Crippen molar-refractivity contribution in [1.82, 2.24) is 0 Å². The Morgan fingerprint density at radius 3 is 2.20 bits per heavy atom. The molecule has 0 radical (unpaired) electrons. The third-order valence-electron chi connectivity index (χ3n) is 1.89. The third-order valence-corrected chi connectivity index (χ3v) is 1.89. The average Bonchev–Trinajstić information content (AvgIpc) is 2.08. The lowest BCUT2D eigenvalue weighted by Gasteiger charge is -2.15. The first-order valence-corrected chi connectivity index (χ1v) is 3.59. The zero-order valence-corrected chi connectivity index (χ0v) is 7.10. The average molecular weight is 138 g/mol. The van der Waals surface area contributed by atoms with Gasteiger partial charge in [0.1, 0.15) is 0 Å². The van der Waals surface area contributed by atoms with Crippen molar-refractivity contribution in [3.63, 3.8) is 0 Å². The Morgan fingerprint density at radius 2 is 2.00 bits per heavy atom. The quantitative estimate of drug-likeness (QED) is 0.460. The molecule has 0 aromatic heterocycles. The first-order valence-electron chi connectivity index (χ1n) is 3.59. The fourth-order valence-electron chi connectivity index (χ4n) is 1.31. The fourth-order valence-corrected chi connectivity index (χ4v) is 1.31. The molecule has 0 fully saturated rings. The van der Waals surface area contributed by atoms with Gasteiger partial charge >= 0.3 is 0 Å². The van der Waals surface area contributed by atoms with E-state index in [1.54, 1.807) is 0 Å². The van der Waals surface area contributed by atoms with Crippen LogP contribution in [-0.4, -0.2) is 12.1 Å². The lowest BCUT2D eigenvalue weighted by molar-refractivity contribution is 0.621. The Labute approximate surface area is 62.0 Å². The van der Waals surface area contributed by atoms with Gasteiger partial charge in [-0.2, -0.15) is 10.2 Å². The topological polar surface area (TPSA) is 24.7 Å². The van der Waals surface area contributed by atoms with Gasteiger partial charge in [-0.25, -0.2) is 0 Å². The van der Waals surface area contributed by atoms with Crippen LogP contribution in [0.5, 0.6) is 0 Å². The van der Waals surface area contributed by atoms with Crippen LogP contribution < -0.4 is 0 Å². The highest BCUT2D eigenvalue weighted by Gasteiger charge is 2.27. The smallest absolute Gasteiger partial charge is 0.0989 e. The molecule has 0 spiro atoms. The van der Waals surface area contributed by atoms with Crippen molar-refractivity contribution >= 4 is 0 Å². The number of rotatable bonds is 0. The monoisotopic (exact) mass is 138 g/mol. The van der Waals surface area contributed by atoms with Crippen molar-refractivity contribution in [3.8, 4) is 0 Å². The number of allylic oxidation sites excluding steroid dienone is 1. The van der Waals surface area contributed by atoms with Crippen molar-refractivity contribution in [1.29, 1.82) is 0 Å². The molecule has 10 heavy (non-hydrogen) atoms. The van der Waals surface area contributed by atoms with E-state index in [2.05, 4.69) is 37.9 Å². The van der Waals surface area contributed by atoms with E-state index >= 15 is 0 Å². The molecule has 0 N–H and O–H groups in total. The minimum atomic E-state index is -0.0289. The minimum absolute atomic E-state index is 0.0289. The van der Waals surface area contributed by atoms with E-state index in [-0.39, 0.29) is 5.54 Å². The van der Waals surface area contributed by atoms with Crippen molar-refractivity contribution < 1.29 is 0 Å². The maximum atomic E-state index is 4.14. The highest BCUT2D eigenvalue weighted by Crippen LogP contribution is 2.29. The molecule has 2 nitrogen and oxygen atoms in total. The van der Waals surface area contributed by atoms with Crippen LogP contribution in [0, 0.1) is 0 Å². The van der Waals surface area contributed by atoms with E-state index in [1.165, 1.54) is 11.1 Å². The SMILES string of the molecule is CC(C)=C1CN=NC1(C)C. The summed E-state index contributed by atoms with van der Waals surface area (Å²) in [6, 6.07) is 0. The standard InChI is InChI=1S/C8H14N2/c1-6(2)7-5-9-10-8(7,3)4/h5H2,1-4H3. The first-order chi connectivity index (χ1) is 4.54. The Kier molecular flexibility index (Phi) is 1.63. The van der Waals surface area contributed by atoms with Crippen molar-refractivity contribution in [2.24, 2.45) is 10.2 Å². The molecule has 1 heterocycles. The number of hydrogen-bond acceptors (Lipinski definition) is 2. The lowest BCUT2D eigenvalue weighted by atomic mass is 9.93. The van der Waals surface area contributed by atoms with Crippen LogP contribution >= 0.6 is 0 Å². The van der Waals surface area contributed by atoms with Crippen LogP contribution in [-0.2, 0) is 0 Å². The number of hydrogen-bond donors (Lipinski definition) is 0. The summed E-state index contributed by atoms with van der Waals surface area (Å²) >= 11 is 0. The summed E-state index contributed by atoms with van der Waals surface area (Å²) in [5.41, 5.74) is 2.70. The van der Waals surface area contributed by atoms with E-state index in [4.69, 9.17) is 0 Å². The van der Waals surface area contributed by atoms with Crippen LogP contribution in [0.1, 0.15) is 27.7 Å². The van der Waals surface area contributed by atoms with Crippen molar-refractivity contribution in [3.05, 3.63) is 11.1 Å². The molecule has 1 rings (SSSR count). The van der Waals surface area contributed by atoms with Crippen LogP contribution in [0.15, 0.2) is 21.4 Å². The first kappa shape index (κ1) is 7.45. The highest BCUT2D eigenvalue weighted by atomic mass is 15.2. The van der Waals surface area contributed by atoms with Crippen molar-refractivity contribution in [2.45, 2.75) is 33.2 Å². The zero-order valence-electron chi connectivity index (χ0n) is 7.10. The summed E-state index contributed by atoms with van der Waals surface area (Å²) in [6.45, 7) is 9.24. The summed E-state index contributed by atoms with van der Waals surface area (Å²) < 4.78 is 0. The fraction of sp³-hybridized carbons (Fsp3) is 0.750. The second-order valence-corrected chi connectivity index (χ2v) is 3.44. The molecule has 0 aliphatic carbocycles. The van der Waals surface area contributed by atoms with Crippen LogP contribution in [0.3, 0.4) is 0 Å². The maximum absolute atomic E-state index is 4.14. The molecule has 0 atom stereocenters. The molecule has 0 amide bonds. The molecule has 56 valence electrons. The number of azo groups is 1. The molecule has 2 heteroatoms. The van der Waals surface area contributed by atoms with Gasteiger partial charge in [0.05, 0.1) is 12.1 Å². The molecular weight excluding hydrogens is 124 g/mol. The van der Waals surface area contributed by atoms with Gasteiger partial charge in [-0.15, -0.1) is 0 Å². The Bertz CT molecular complexity index is 195. The van der Waals surface area contributed by atoms with Gasteiger partial charge in [-0.3, -0.25) is 0 Å². The highest BCUT2D eigenvalue weighted by molar-refractivity contribution is 5.26. The lowest BCUT2D eigenvalue weighted by Crippen LogP contribution is -2.17. The van der Waals surface area contributed by atoms with Gasteiger partial charge in [0, 0.05) is 0 Å². The van der Waals surface area contributed by atoms with Gasteiger partial charge in [0.2, 0.25) is 0 Å². The van der Waals surface area contributed by atoms with Crippen LogP contribution in [0.2, 0.25) is 0 Å². The minimum Gasteiger partial charge on any atom is -0.189 e. The second-order valence-electron chi connectivity index (χ2n) is 3.44. The molecule has 0 saturated heterocycles. The van der Waals surface area contributed by atoms with E-state index in [1.807, 2.05) is 0 Å². The molecule has 1 aliphatic heterocycles. The molecule has 1 aliphatic rings. The van der Waals surface area contributed by atoms with E-state index in [0.717, 1.165) is 6.54 Å². The Hall–Kier alpha value is -0.660. The molecule has 0 saturated carbocycles. The van der Waals surface area contributed by atoms with Crippen molar-refractivity contribution in [2.75, 3.05) is 6.54 Å². The Balaban J connectivity index is 2.96. The molecule has 0 aromatic rings. The molecule has 0 bridgehead atoms. The van der Waals surface area contributed by atoms with Crippen LogP contribution in [0.4, 0.5) is 0 Å². The van der Waals surface area contributed by atoms with E-state index in [9.17, 15) is 0 Å². The van der Waals surface area contributed by atoms with E-state index < -0.39 is 0 Å². The normalized spacial score (nSPS) is 21.8. The van der Waals surface area contributed by atoms with Gasteiger partial charge < -0.3 is 0 Å². The van der Waals surface area contributed by atoms with E-state index in [0.29, 0.717) is 0 Å². The predicted molar refractivity (Wildman–Crippen MR) is 42.2 cm³/mol. The summed E-state index contributed by atoms with van der Waals surface area (Å²) in [5, 5.41) is 8.14. The summed E-state index contributed by atoms with van der Waals surface area (Å²) in [5.74, 6) is 0. The maximum Gasteiger partial charge on any atom is 0.0989 e. The summed E-state index contributed by atoms with van der Waals surface area (Å²) in [4.78, 5) is 0. The van der Waals surface area contributed by atoms with Gasteiger partial charge in [-0.1, -0.05) is 5.57 Å². The van der Waals surface area contributed by atoms with Gasteiger partial charge in [-0.05, 0) is 33.3 Å². The second kappa shape index (κ2) is 2.19. The largest absolute Gasteiger partial charge is 0.189 e. The molecular formula is C8H14N2. The summed E-state index contributed by atoms with van der Waals surface area (Å²) in [6.07, 6.45) is 0. The third kappa shape index (κ3) is 1.11. The summed E-state index contributed by atoms with van der Waals surface area (Å²) in [7, 11) is 0. The molecule has 0 aromatic carbocycles. The van der Waals surface area contributed by atoms with Crippen LogP contribution in [0.25, 0.3) is 0 Å². The van der Waals surface area contributed by atoms with Gasteiger partial charge in [0.15, 0.2) is 0 Å². The molecule has 0 unspecified atom stereocenters. The zero-order chi connectivity index (χ0) is 7.78. The number of nitrogens with zero attached hydrogens (tertiary/aromatic N) is 2.